The molecule has 1 N–H and O–H groups in total. The first-order chi connectivity index (χ1) is 8.59. The molecule has 4 heteroatoms. The van der Waals surface area contributed by atoms with Crippen LogP contribution in [-0.2, 0) is 22.6 Å². The molecular formula is C14H17NO3. The Bertz CT molecular complexity index is 470. The smallest absolute Gasteiger partial charge is 0.315 e. The summed E-state index contributed by atoms with van der Waals surface area (Å²) >= 11 is 0. The first-order valence-electron chi connectivity index (χ1n) is 6.18. The molecule has 0 fully saturated rings. The molecule has 18 heavy (non-hydrogen) atoms. The number of benzene rings is 1. The van der Waals surface area contributed by atoms with Crippen molar-refractivity contribution in [3.05, 3.63) is 35.4 Å². The van der Waals surface area contributed by atoms with Crippen LogP contribution >= 0.6 is 0 Å². The van der Waals surface area contributed by atoms with Gasteiger partial charge >= 0.3 is 5.97 Å². The summed E-state index contributed by atoms with van der Waals surface area (Å²) in [5.41, 5.74) is 2.39. The number of nitrogens with zero attached hydrogens (tertiary/aromatic N) is 1. The van der Waals surface area contributed by atoms with Crippen molar-refractivity contribution in [2.75, 3.05) is 6.54 Å². The summed E-state index contributed by atoms with van der Waals surface area (Å²) in [4.78, 5) is 24.6. The predicted molar refractivity (Wildman–Crippen MR) is 67.0 cm³/mol. The van der Waals surface area contributed by atoms with E-state index in [0.717, 1.165) is 18.4 Å². The zero-order chi connectivity index (χ0) is 13.1. The van der Waals surface area contributed by atoms with E-state index < -0.39 is 11.9 Å². The van der Waals surface area contributed by atoms with Crippen LogP contribution in [-0.4, -0.2) is 28.4 Å². The molecule has 4 nitrogen and oxygen atoms in total. The van der Waals surface area contributed by atoms with Crippen LogP contribution in [0.4, 0.5) is 0 Å². The molecule has 96 valence electrons. The largest absolute Gasteiger partial charge is 0.481 e. The summed E-state index contributed by atoms with van der Waals surface area (Å²) in [6.07, 6.45) is 1.83. The van der Waals surface area contributed by atoms with Gasteiger partial charge < -0.3 is 10.0 Å². The van der Waals surface area contributed by atoms with Crippen molar-refractivity contribution in [1.82, 2.24) is 4.90 Å². The van der Waals surface area contributed by atoms with Gasteiger partial charge in [0.2, 0.25) is 5.91 Å². The minimum absolute atomic E-state index is 0.292. The van der Waals surface area contributed by atoms with Gasteiger partial charge in [-0.05, 0) is 30.9 Å². The Balaban J connectivity index is 2.17. The topological polar surface area (TPSA) is 57.6 Å². The van der Waals surface area contributed by atoms with Crippen LogP contribution in [0.15, 0.2) is 24.3 Å². The molecule has 0 aromatic heterocycles. The fourth-order valence-electron chi connectivity index (χ4n) is 2.27. The molecule has 0 bridgehead atoms. The van der Waals surface area contributed by atoms with E-state index in [4.69, 9.17) is 5.11 Å². The highest BCUT2D eigenvalue weighted by Crippen LogP contribution is 2.19. The standard InChI is InChI=1S/C14H17NO3/c1-10(14(17)18)13(16)15-8-4-7-11-5-2-3-6-12(11)9-15/h2-3,5-6,10H,4,7-9H2,1H3,(H,17,18). The summed E-state index contributed by atoms with van der Waals surface area (Å²) < 4.78 is 0. The van der Waals surface area contributed by atoms with Crippen LogP contribution in [0.25, 0.3) is 0 Å². The molecule has 1 aliphatic rings. The maximum atomic E-state index is 12.0. The van der Waals surface area contributed by atoms with Gasteiger partial charge in [0.1, 0.15) is 5.92 Å². The molecule has 1 amide bonds. The maximum Gasteiger partial charge on any atom is 0.315 e. The van der Waals surface area contributed by atoms with Crippen LogP contribution in [0.1, 0.15) is 24.5 Å². The van der Waals surface area contributed by atoms with Gasteiger partial charge in [-0.2, -0.15) is 0 Å². The number of carbonyl (C=O) groups is 2. The predicted octanol–water partition coefficient (Wildman–Crippen LogP) is 1.68. The van der Waals surface area contributed by atoms with Gasteiger partial charge in [-0.25, -0.2) is 0 Å². The highest BCUT2D eigenvalue weighted by atomic mass is 16.4. The van der Waals surface area contributed by atoms with Crippen molar-refractivity contribution >= 4 is 11.9 Å². The highest BCUT2D eigenvalue weighted by Gasteiger charge is 2.27. The Kier molecular flexibility index (Phi) is 3.65. The molecule has 0 saturated carbocycles. The molecule has 0 saturated heterocycles. The van der Waals surface area contributed by atoms with Gasteiger partial charge in [0.05, 0.1) is 0 Å². The summed E-state index contributed by atoms with van der Waals surface area (Å²) in [5, 5.41) is 8.90. The Labute approximate surface area is 106 Å². The van der Waals surface area contributed by atoms with Gasteiger partial charge in [0.15, 0.2) is 0 Å². The number of fused-ring (bicyclic) bond motifs is 1. The summed E-state index contributed by atoms with van der Waals surface area (Å²) in [6, 6.07) is 8.03. The molecule has 1 atom stereocenters. The van der Waals surface area contributed by atoms with Gasteiger partial charge in [-0.1, -0.05) is 24.3 Å². The van der Waals surface area contributed by atoms with Gasteiger partial charge in [-0.3, -0.25) is 9.59 Å². The first kappa shape index (κ1) is 12.6. The fourth-order valence-corrected chi connectivity index (χ4v) is 2.27. The second kappa shape index (κ2) is 5.21. The van der Waals surface area contributed by atoms with Crippen LogP contribution in [0.3, 0.4) is 0 Å². The Hall–Kier alpha value is -1.84. The van der Waals surface area contributed by atoms with E-state index in [1.54, 1.807) is 4.90 Å². The van der Waals surface area contributed by atoms with E-state index in [-0.39, 0.29) is 5.91 Å². The molecule has 1 heterocycles. The van der Waals surface area contributed by atoms with Crippen LogP contribution in [0.5, 0.6) is 0 Å². The quantitative estimate of drug-likeness (QED) is 0.809. The van der Waals surface area contributed by atoms with E-state index in [0.29, 0.717) is 13.1 Å². The third-order valence-corrected chi connectivity index (χ3v) is 3.41. The number of hydrogen-bond acceptors (Lipinski definition) is 2. The first-order valence-corrected chi connectivity index (χ1v) is 6.18. The lowest BCUT2D eigenvalue weighted by Gasteiger charge is -2.22. The number of amides is 1. The molecular weight excluding hydrogens is 230 g/mol. The van der Waals surface area contributed by atoms with Gasteiger partial charge in [0.25, 0.3) is 0 Å². The Morgan fingerprint density at radius 2 is 1.94 bits per heavy atom. The molecule has 0 radical (unpaired) electrons. The lowest BCUT2D eigenvalue weighted by Crippen LogP contribution is -2.37. The van der Waals surface area contributed by atoms with Gasteiger partial charge in [-0.15, -0.1) is 0 Å². The lowest BCUT2D eigenvalue weighted by atomic mass is 10.0. The molecule has 1 aliphatic heterocycles. The molecule has 1 unspecified atom stereocenters. The van der Waals surface area contributed by atoms with Crippen molar-refractivity contribution in [3.8, 4) is 0 Å². The third-order valence-electron chi connectivity index (χ3n) is 3.41. The van der Waals surface area contributed by atoms with Crippen molar-refractivity contribution < 1.29 is 14.7 Å². The zero-order valence-electron chi connectivity index (χ0n) is 10.4. The van der Waals surface area contributed by atoms with Crippen molar-refractivity contribution in [1.29, 1.82) is 0 Å². The second-order valence-electron chi connectivity index (χ2n) is 4.69. The monoisotopic (exact) mass is 247 g/mol. The Morgan fingerprint density at radius 1 is 1.28 bits per heavy atom. The van der Waals surface area contributed by atoms with Crippen molar-refractivity contribution in [2.45, 2.75) is 26.3 Å². The lowest BCUT2D eigenvalue weighted by molar-refractivity contribution is -0.150. The average molecular weight is 247 g/mol. The van der Waals surface area contributed by atoms with Crippen molar-refractivity contribution in [2.24, 2.45) is 5.92 Å². The van der Waals surface area contributed by atoms with E-state index in [1.807, 2.05) is 18.2 Å². The summed E-state index contributed by atoms with van der Waals surface area (Å²) in [5.74, 6) is -2.31. The Morgan fingerprint density at radius 3 is 2.61 bits per heavy atom. The van der Waals surface area contributed by atoms with E-state index in [1.165, 1.54) is 12.5 Å². The molecule has 0 spiro atoms. The van der Waals surface area contributed by atoms with E-state index in [2.05, 4.69) is 6.07 Å². The number of rotatable bonds is 2. The minimum Gasteiger partial charge on any atom is -0.481 e. The SMILES string of the molecule is CC(C(=O)O)C(=O)N1CCCc2ccccc2C1. The number of aryl methyl sites for hydroxylation is 1. The van der Waals surface area contributed by atoms with Crippen LogP contribution < -0.4 is 0 Å². The third kappa shape index (κ3) is 2.53. The molecule has 0 aliphatic carbocycles. The van der Waals surface area contributed by atoms with Crippen molar-refractivity contribution in [3.63, 3.8) is 0 Å². The highest BCUT2D eigenvalue weighted by molar-refractivity contribution is 5.96. The number of carboxylic acids is 1. The van der Waals surface area contributed by atoms with E-state index in [9.17, 15) is 9.59 Å². The summed E-state index contributed by atoms with van der Waals surface area (Å²) in [7, 11) is 0. The second-order valence-corrected chi connectivity index (χ2v) is 4.69. The zero-order valence-corrected chi connectivity index (χ0v) is 10.4. The normalized spacial score (nSPS) is 16.6. The molecule has 1 aromatic carbocycles. The molecule has 1 aromatic rings. The average Bonchev–Trinajstić information content (AvgIpc) is 2.58. The number of aliphatic carboxylic acids is 1. The van der Waals surface area contributed by atoms with Crippen LogP contribution in [0.2, 0.25) is 0 Å². The number of hydrogen-bond donors (Lipinski definition) is 1. The van der Waals surface area contributed by atoms with Crippen LogP contribution in [0, 0.1) is 5.92 Å². The number of carboxylic acid groups (broad SMARTS) is 1. The van der Waals surface area contributed by atoms with Gasteiger partial charge in [0, 0.05) is 13.1 Å². The molecule has 2 rings (SSSR count). The fraction of sp³-hybridized carbons (Fsp3) is 0.429. The van der Waals surface area contributed by atoms with E-state index >= 15 is 0 Å². The summed E-state index contributed by atoms with van der Waals surface area (Å²) in [6.45, 7) is 2.60. The maximum absolute atomic E-state index is 12.0. The minimum atomic E-state index is -1.06. The number of carbonyl (C=O) groups excluding carboxylic acids is 1.